The molecule has 1 atom stereocenters. The second-order valence-electron chi connectivity index (χ2n) is 5.61. The molecule has 1 aromatic rings. The zero-order valence-electron chi connectivity index (χ0n) is 12.4. The van der Waals surface area contributed by atoms with Crippen molar-refractivity contribution in [1.82, 2.24) is 10.6 Å². The summed E-state index contributed by atoms with van der Waals surface area (Å²) in [5.74, 6) is 0.0876. The largest absolute Gasteiger partial charge is 0.353 e. The predicted octanol–water partition coefficient (Wildman–Crippen LogP) is 1.41. The third kappa shape index (κ3) is 5.13. The van der Waals surface area contributed by atoms with Crippen molar-refractivity contribution < 1.29 is 13.2 Å². The molecule has 6 heteroatoms. The van der Waals surface area contributed by atoms with Gasteiger partial charge >= 0.3 is 0 Å². The van der Waals surface area contributed by atoms with Crippen molar-refractivity contribution in [2.75, 3.05) is 12.8 Å². The normalized spacial score (nSPS) is 16.5. The van der Waals surface area contributed by atoms with E-state index in [0.29, 0.717) is 23.9 Å². The molecule has 1 amide bonds. The number of carbonyl (C=O) groups excluding carboxylic acids is 1. The smallest absolute Gasteiger partial charge is 0.221 e. The topological polar surface area (TPSA) is 75.3 Å². The van der Waals surface area contributed by atoms with Crippen molar-refractivity contribution in [3.63, 3.8) is 0 Å². The van der Waals surface area contributed by atoms with Crippen LogP contribution >= 0.6 is 0 Å². The van der Waals surface area contributed by atoms with E-state index < -0.39 is 9.84 Å². The molecule has 1 unspecified atom stereocenters. The summed E-state index contributed by atoms with van der Waals surface area (Å²) in [5.41, 5.74) is 1.00. The van der Waals surface area contributed by atoms with Crippen molar-refractivity contribution in [2.24, 2.45) is 0 Å². The summed E-state index contributed by atoms with van der Waals surface area (Å²) in [7, 11) is -3.15. The average Bonchev–Trinajstić information content (AvgIpc) is 3.21. The third-order valence-electron chi connectivity index (χ3n) is 3.55. The molecule has 1 aliphatic rings. The summed E-state index contributed by atoms with van der Waals surface area (Å²) < 4.78 is 22.8. The fraction of sp³-hybridized carbons (Fsp3) is 0.533. The van der Waals surface area contributed by atoms with Gasteiger partial charge in [-0.05, 0) is 37.5 Å². The highest BCUT2D eigenvalue weighted by Crippen LogP contribution is 2.19. The Morgan fingerprint density at radius 2 is 1.90 bits per heavy atom. The first-order valence-corrected chi connectivity index (χ1v) is 9.08. The lowest BCUT2D eigenvalue weighted by atomic mass is 10.1. The van der Waals surface area contributed by atoms with Gasteiger partial charge in [-0.3, -0.25) is 4.79 Å². The first kappa shape index (κ1) is 16.0. The van der Waals surface area contributed by atoms with Crippen LogP contribution in [0, 0.1) is 0 Å². The number of hydrogen-bond acceptors (Lipinski definition) is 4. The Morgan fingerprint density at radius 1 is 1.29 bits per heavy atom. The van der Waals surface area contributed by atoms with E-state index in [2.05, 4.69) is 10.6 Å². The fourth-order valence-electron chi connectivity index (χ4n) is 2.05. The standard InChI is InChI=1S/C15H22N2O3S/c1-11(16-10-9-15(18)17-13-5-6-13)12-3-7-14(8-4-12)21(2,19)20/h3-4,7-8,11,13,16H,5-6,9-10H2,1-2H3,(H,17,18). The van der Waals surface area contributed by atoms with E-state index in [4.69, 9.17) is 0 Å². The Labute approximate surface area is 126 Å². The molecule has 116 valence electrons. The Kier molecular flexibility index (Phi) is 5.00. The molecule has 0 bridgehead atoms. The number of benzene rings is 1. The molecule has 1 saturated carbocycles. The summed E-state index contributed by atoms with van der Waals surface area (Å²) in [6, 6.07) is 7.31. The maximum absolute atomic E-state index is 11.5. The lowest BCUT2D eigenvalue weighted by molar-refractivity contribution is -0.121. The van der Waals surface area contributed by atoms with Crippen molar-refractivity contribution in [1.29, 1.82) is 0 Å². The molecular weight excluding hydrogens is 288 g/mol. The van der Waals surface area contributed by atoms with Gasteiger partial charge in [0, 0.05) is 31.3 Å². The van der Waals surface area contributed by atoms with E-state index in [-0.39, 0.29) is 11.9 Å². The molecule has 1 aliphatic carbocycles. The lowest BCUT2D eigenvalue weighted by Gasteiger charge is -2.14. The van der Waals surface area contributed by atoms with Gasteiger partial charge in [0.05, 0.1) is 4.90 Å². The van der Waals surface area contributed by atoms with Crippen LogP contribution in [0.15, 0.2) is 29.2 Å². The molecule has 2 N–H and O–H groups in total. The molecule has 2 rings (SSSR count). The number of amides is 1. The van der Waals surface area contributed by atoms with E-state index in [1.54, 1.807) is 24.3 Å². The van der Waals surface area contributed by atoms with Gasteiger partial charge in [-0.2, -0.15) is 0 Å². The maximum atomic E-state index is 11.5. The van der Waals surface area contributed by atoms with Crippen molar-refractivity contribution in [3.05, 3.63) is 29.8 Å². The zero-order valence-corrected chi connectivity index (χ0v) is 13.2. The quantitative estimate of drug-likeness (QED) is 0.798. The number of nitrogens with one attached hydrogen (secondary N) is 2. The molecular formula is C15H22N2O3S. The van der Waals surface area contributed by atoms with Crippen molar-refractivity contribution in [2.45, 2.75) is 43.2 Å². The first-order chi connectivity index (χ1) is 9.86. The van der Waals surface area contributed by atoms with E-state index in [1.807, 2.05) is 6.92 Å². The molecule has 0 heterocycles. The Hall–Kier alpha value is -1.40. The van der Waals surface area contributed by atoms with Crippen LogP contribution in [0.1, 0.15) is 37.8 Å². The van der Waals surface area contributed by atoms with Gasteiger partial charge in [-0.25, -0.2) is 8.42 Å². The highest BCUT2D eigenvalue weighted by Gasteiger charge is 2.22. The molecule has 0 saturated heterocycles. The first-order valence-electron chi connectivity index (χ1n) is 7.19. The SMILES string of the molecule is CC(NCCC(=O)NC1CC1)c1ccc(S(C)(=O)=O)cc1. The summed E-state index contributed by atoms with van der Waals surface area (Å²) in [4.78, 5) is 11.9. The van der Waals surface area contributed by atoms with Crippen LogP contribution in [0.3, 0.4) is 0 Å². The van der Waals surface area contributed by atoms with Gasteiger partial charge < -0.3 is 10.6 Å². The molecule has 0 spiro atoms. The molecule has 0 aromatic heterocycles. The summed E-state index contributed by atoms with van der Waals surface area (Å²) >= 11 is 0. The summed E-state index contributed by atoms with van der Waals surface area (Å²) in [5, 5.41) is 6.22. The molecule has 1 fully saturated rings. The second kappa shape index (κ2) is 6.58. The minimum atomic E-state index is -3.15. The molecule has 5 nitrogen and oxygen atoms in total. The fourth-order valence-corrected chi connectivity index (χ4v) is 2.68. The molecule has 0 aliphatic heterocycles. The van der Waals surface area contributed by atoms with Crippen LogP contribution in [-0.2, 0) is 14.6 Å². The molecule has 21 heavy (non-hydrogen) atoms. The average molecular weight is 310 g/mol. The number of rotatable bonds is 7. The highest BCUT2D eigenvalue weighted by atomic mass is 32.2. The van der Waals surface area contributed by atoms with E-state index in [0.717, 1.165) is 18.4 Å². The van der Waals surface area contributed by atoms with E-state index >= 15 is 0 Å². The Morgan fingerprint density at radius 3 is 2.43 bits per heavy atom. The predicted molar refractivity (Wildman–Crippen MR) is 81.8 cm³/mol. The van der Waals surface area contributed by atoms with Crippen molar-refractivity contribution >= 4 is 15.7 Å². The van der Waals surface area contributed by atoms with Gasteiger partial charge in [0.1, 0.15) is 0 Å². The summed E-state index contributed by atoms with van der Waals surface area (Å²) in [6.45, 7) is 2.60. The van der Waals surface area contributed by atoms with Crippen LogP contribution in [-0.4, -0.2) is 33.2 Å². The van der Waals surface area contributed by atoms with Crippen LogP contribution in [0.2, 0.25) is 0 Å². The van der Waals surface area contributed by atoms with E-state index in [1.165, 1.54) is 6.26 Å². The number of sulfone groups is 1. The van der Waals surface area contributed by atoms with Crippen LogP contribution < -0.4 is 10.6 Å². The van der Waals surface area contributed by atoms with Crippen LogP contribution in [0.5, 0.6) is 0 Å². The van der Waals surface area contributed by atoms with Gasteiger partial charge in [-0.1, -0.05) is 12.1 Å². The van der Waals surface area contributed by atoms with Gasteiger partial charge in [0.25, 0.3) is 0 Å². The van der Waals surface area contributed by atoms with Gasteiger partial charge in [0.15, 0.2) is 9.84 Å². The second-order valence-corrected chi connectivity index (χ2v) is 7.62. The minimum absolute atomic E-state index is 0.0762. The molecule has 0 radical (unpaired) electrons. The summed E-state index contributed by atoms with van der Waals surface area (Å²) in [6.07, 6.45) is 3.86. The molecule has 1 aromatic carbocycles. The maximum Gasteiger partial charge on any atom is 0.221 e. The van der Waals surface area contributed by atoms with Crippen LogP contribution in [0.25, 0.3) is 0 Å². The van der Waals surface area contributed by atoms with E-state index in [9.17, 15) is 13.2 Å². The van der Waals surface area contributed by atoms with Crippen molar-refractivity contribution in [3.8, 4) is 0 Å². The Bertz CT molecular complexity index is 592. The minimum Gasteiger partial charge on any atom is -0.353 e. The number of carbonyl (C=O) groups is 1. The number of hydrogen-bond donors (Lipinski definition) is 2. The van der Waals surface area contributed by atoms with Gasteiger partial charge in [-0.15, -0.1) is 0 Å². The third-order valence-corrected chi connectivity index (χ3v) is 4.68. The highest BCUT2D eigenvalue weighted by molar-refractivity contribution is 7.90. The monoisotopic (exact) mass is 310 g/mol. The zero-order chi connectivity index (χ0) is 15.5. The van der Waals surface area contributed by atoms with Gasteiger partial charge in [0.2, 0.25) is 5.91 Å². The Balaban J connectivity index is 1.79. The van der Waals surface area contributed by atoms with Crippen LogP contribution in [0.4, 0.5) is 0 Å². The lowest BCUT2D eigenvalue weighted by Crippen LogP contribution is -2.30.